The zero-order valence-corrected chi connectivity index (χ0v) is 9.76. The standard InChI is InChI=1S/C11H15N3O3/c1-2-17-11(15)9-7-10(13-8-12-9)14-3-5-16-6-4-14/h7-8H,2-6H2,1H3. The molecule has 1 aromatic heterocycles. The summed E-state index contributed by atoms with van der Waals surface area (Å²) in [7, 11) is 0. The molecule has 17 heavy (non-hydrogen) atoms. The number of carbonyl (C=O) groups excluding carboxylic acids is 1. The van der Waals surface area contributed by atoms with Crippen LogP contribution >= 0.6 is 0 Å². The molecular weight excluding hydrogens is 222 g/mol. The van der Waals surface area contributed by atoms with Gasteiger partial charge in [0, 0.05) is 19.2 Å². The van der Waals surface area contributed by atoms with Crippen molar-refractivity contribution < 1.29 is 14.3 Å². The molecule has 0 unspecified atom stereocenters. The molecule has 1 saturated heterocycles. The van der Waals surface area contributed by atoms with E-state index in [9.17, 15) is 4.79 Å². The molecular formula is C11H15N3O3. The highest BCUT2D eigenvalue weighted by Gasteiger charge is 2.15. The van der Waals surface area contributed by atoms with Gasteiger partial charge in [-0.25, -0.2) is 14.8 Å². The lowest BCUT2D eigenvalue weighted by Crippen LogP contribution is -2.36. The predicted molar refractivity (Wildman–Crippen MR) is 61.0 cm³/mol. The molecule has 2 heterocycles. The van der Waals surface area contributed by atoms with Crippen molar-refractivity contribution in [3.8, 4) is 0 Å². The van der Waals surface area contributed by atoms with Gasteiger partial charge < -0.3 is 14.4 Å². The monoisotopic (exact) mass is 237 g/mol. The molecule has 0 spiro atoms. The molecule has 0 N–H and O–H groups in total. The minimum atomic E-state index is -0.413. The van der Waals surface area contributed by atoms with Gasteiger partial charge in [-0.3, -0.25) is 0 Å². The number of ether oxygens (including phenoxy) is 2. The number of nitrogens with zero attached hydrogens (tertiary/aromatic N) is 3. The molecule has 0 aliphatic carbocycles. The van der Waals surface area contributed by atoms with Crippen molar-refractivity contribution in [2.45, 2.75) is 6.92 Å². The van der Waals surface area contributed by atoms with E-state index in [-0.39, 0.29) is 0 Å². The highest BCUT2D eigenvalue weighted by Crippen LogP contribution is 2.13. The molecule has 0 aromatic carbocycles. The van der Waals surface area contributed by atoms with Gasteiger partial charge in [-0.15, -0.1) is 0 Å². The molecule has 0 saturated carbocycles. The average molecular weight is 237 g/mol. The fraction of sp³-hybridized carbons (Fsp3) is 0.545. The largest absolute Gasteiger partial charge is 0.461 e. The first-order valence-corrected chi connectivity index (χ1v) is 5.63. The second kappa shape index (κ2) is 5.58. The van der Waals surface area contributed by atoms with Crippen LogP contribution in [-0.2, 0) is 9.47 Å². The van der Waals surface area contributed by atoms with Crippen LogP contribution < -0.4 is 4.90 Å². The summed E-state index contributed by atoms with van der Waals surface area (Å²) in [5, 5.41) is 0. The van der Waals surface area contributed by atoms with E-state index in [1.165, 1.54) is 6.33 Å². The second-order valence-electron chi connectivity index (χ2n) is 3.58. The Morgan fingerprint density at radius 3 is 2.94 bits per heavy atom. The third-order valence-electron chi connectivity index (χ3n) is 2.47. The number of anilines is 1. The van der Waals surface area contributed by atoms with Crippen molar-refractivity contribution in [1.29, 1.82) is 0 Å². The predicted octanol–water partition coefficient (Wildman–Crippen LogP) is 0.490. The molecule has 6 heteroatoms. The Kier molecular flexibility index (Phi) is 3.87. The van der Waals surface area contributed by atoms with E-state index in [1.54, 1.807) is 13.0 Å². The first-order chi connectivity index (χ1) is 8.31. The van der Waals surface area contributed by atoms with Crippen molar-refractivity contribution in [3.63, 3.8) is 0 Å². The van der Waals surface area contributed by atoms with Crippen LogP contribution in [0.5, 0.6) is 0 Å². The van der Waals surface area contributed by atoms with Gasteiger partial charge in [0.1, 0.15) is 12.1 Å². The fourth-order valence-corrected chi connectivity index (χ4v) is 1.63. The van der Waals surface area contributed by atoms with Gasteiger partial charge in [0.25, 0.3) is 0 Å². The smallest absolute Gasteiger partial charge is 0.357 e. The summed E-state index contributed by atoms with van der Waals surface area (Å²) >= 11 is 0. The van der Waals surface area contributed by atoms with Crippen LogP contribution in [0.4, 0.5) is 5.82 Å². The van der Waals surface area contributed by atoms with Crippen LogP contribution in [-0.4, -0.2) is 48.8 Å². The molecule has 0 bridgehead atoms. The third-order valence-corrected chi connectivity index (χ3v) is 2.47. The average Bonchev–Trinajstić information content (AvgIpc) is 2.40. The number of hydrogen-bond acceptors (Lipinski definition) is 6. The Morgan fingerprint density at radius 1 is 1.47 bits per heavy atom. The third kappa shape index (κ3) is 2.91. The highest BCUT2D eigenvalue weighted by molar-refractivity contribution is 5.87. The maximum atomic E-state index is 11.5. The van der Waals surface area contributed by atoms with Crippen LogP contribution in [0.15, 0.2) is 12.4 Å². The SMILES string of the molecule is CCOC(=O)c1cc(N2CCOCC2)ncn1. The van der Waals surface area contributed by atoms with E-state index in [2.05, 4.69) is 14.9 Å². The van der Waals surface area contributed by atoms with Crippen LogP contribution in [0, 0.1) is 0 Å². The van der Waals surface area contributed by atoms with Gasteiger partial charge in [0.15, 0.2) is 5.69 Å². The molecule has 1 aliphatic rings. The van der Waals surface area contributed by atoms with E-state index in [4.69, 9.17) is 9.47 Å². The number of morpholine rings is 1. The number of carbonyl (C=O) groups is 1. The van der Waals surface area contributed by atoms with Gasteiger partial charge in [0.2, 0.25) is 0 Å². The minimum Gasteiger partial charge on any atom is -0.461 e. The Bertz CT molecular complexity index is 391. The van der Waals surface area contributed by atoms with E-state index in [0.717, 1.165) is 18.9 Å². The van der Waals surface area contributed by atoms with E-state index in [1.807, 2.05) is 0 Å². The molecule has 6 nitrogen and oxygen atoms in total. The van der Waals surface area contributed by atoms with Crippen LogP contribution in [0.2, 0.25) is 0 Å². The van der Waals surface area contributed by atoms with Gasteiger partial charge >= 0.3 is 5.97 Å². The van der Waals surface area contributed by atoms with E-state index >= 15 is 0 Å². The van der Waals surface area contributed by atoms with Crippen molar-refractivity contribution in [1.82, 2.24) is 9.97 Å². The van der Waals surface area contributed by atoms with Crippen molar-refractivity contribution >= 4 is 11.8 Å². The quantitative estimate of drug-likeness (QED) is 0.713. The zero-order valence-electron chi connectivity index (χ0n) is 9.76. The highest BCUT2D eigenvalue weighted by atomic mass is 16.5. The lowest BCUT2D eigenvalue weighted by atomic mass is 10.3. The Morgan fingerprint density at radius 2 is 2.24 bits per heavy atom. The summed E-state index contributed by atoms with van der Waals surface area (Å²) in [6, 6.07) is 1.66. The lowest BCUT2D eigenvalue weighted by Gasteiger charge is -2.27. The summed E-state index contributed by atoms with van der Waals surface area (Å²) < 4.78 is 10.2. The summed E-state index contributed by atoms with van der Waals surface area (Å²) in [4.78, 5) is 21.7. The van der Waals surface area contributed by atoms with Crippen LogP contribution in [0.1, 0.15) is 17.4 Å². The van der Waals surface area contributed by atoms with Crippen LogP contribution in [0.3, 0.4) is 0 Å². The topological polar surface area (TPSA) is 64.5 Å². The van der Waals surface area contributed by atoms with Gasteiger partial charge in [-0.2, -0.15) is 0 Å². The normalized spacial score (nSPS) is 15.7. The number of esters is 1. The summed E-state index contributed by atoms with van der Waals surface area (Å²) in [5.41, 5.74) is 0.295. The molecule has 92 valence electrons. The molecule has 0 atom stereocenters. The maximum absolute atomic E-state index is 11.5. The summed E-state index contributed by atoms with van der Waals surface area (Å²) in [6.45, 7) is 5.02. The maximum Gasteiger partial charge on any atom is 0.357 e. The van der Waals surface area contributed by atoms with Crippen molar-refractivity contribution in [2.24, 2.45) is 0 Å². The first-order valence-electron chi connectivity index (χ1n) is 5.63. The first kappa shape index (κ1) is 11.8. The van der Waals surface area contributed by atoms with Crippen molar-refractivity contribution in [3.05, 3.63) is 18.1 Å². The summed E-state index contributed by atoms with van der Waals surface area (Å²) in [6.07, 6.45) is 1.39. The van der Waals surface area contributed by atoms with E-state index in [0.29, 0.717) is 25.5 Å². The number of rotatable bonds is 3. The molecule has 1 fully saturated rings. The molecule has 2 rings (SSSR count). The van der Waals surface area contributed by atoms with Gasteiger partial charge in [-0.05, 0) is 6.92 Å². The Labute approximate surface area is 99.6 Å². The zero-order chi connectivity index (χ0) is 12.1. The molecule has 0 radical (unpaired) electrons. The van der Waals surface area contributed by atoms with Crippen LogP contribution in [0.25, 0.3) is 0 Å². The summed E-state index contributed by atoms with van der Waals surface area (Å²) in [5.74, 6) is 0.329. The minimum absolute atomic E-state index is 0.295. The number of aromatic nitrogens is 2. The molecule has 1 aromatic rings. The second-order valence-corrected chi connectivity index (χ2v) is 3.58. The fourth-order valence-electron chi connectivity index (χ4n) is 1.63. The number of hydrogen-bond donors (Lipinski definition) is 0. The Balaban J connectivity index is 2.12. The van der Waals surface area contributed by atoms with Gasteiger partial charge in [0.05, 0.1) is 19.8 Å². The molecule has 1 aliphatic heterocycles. The van der Waals surface area contributed by atoms with Crippen molar-refractivity contribution in [2.75, 3.05) is 37.8 Å². The van der Waals surface area contributed by atoms with Gasteiger partial charge in [-0.1, -0.05) is 0 Å². The Hall–Kier alpha value is -1.69. The molecule has 0 amide bonds. The van der Waals surface area contributed by atoms with E-state index < -0.39 is 5.97 Å². The lowest BCUT2D eigenvalue weighted by molar-refractivity contribution is 0.0519.